The molecule has 4 saturated carbocycles. The van der Waals surface area contributed by atoms with Gasteiger partial charge in [-0.1, -0.05) is 20.8 Å². The first-order valence-corrected chi connectivity index (χ1v) is 24.3. The van der Waals surface area contributed by atoms with Crippen molar-refractivity contribution in [1.82, 2.24) is 20.4 Å². The SMILES string of the molecule is C[C@H](CCC(=O)NCCCN(CCCCN(CCCNC(=O)OC(C)(C)C)C(=O)OC(C)(C)C)C(=O)OC(C)(C)C)[C@H]1CC[C@H]2[C@@H]3CC[C@@H]4C[C@H](O)CC[C@]4(C)[C@H]3C[C@H](O)[C@]12C. The molecule has 4 aliphatic rings. The summed E-state index contributed by atoms with van der Waals surface area (Å²) in [6.07, 6.45) is 10.1. The van der Waals surface area contributed by atoms with Gasteiger partial charge in [0.2, 0.25) is 5.91 Å². The Kier molecular flexibility index (Phi) is 17.9. The van der Waals surface area contributed by atoms with E-state index in [0.717, 1.165) is 44.9 Å². The number of ether oxygens (including phenoxy) is 3. The Bertz CT molecular complexity index is 1490. The molecule has 10 atom stereocenters. The van der Waals surface area contributed by atoms with E-state index in [0.29, 0.717) is 107 Å². The molecule has 0 spiro atoms. The van der Waals surface area contributed by atoms with Crippen molar-refractivity contribution in [3.8, 4) is 0 Å². The topological polar surface area (TPSA) is 167 Å². The Morgan fingerprint density at radius 3 is 1.76 bits per heavy atom. The second-order valence-electron chi connectivity index (χ2n) is 23.0. The number of carbonyl (C=O) groups is 4. The minimum absolute atomic E-state index is 0.0129. The number of unbranched alkanes of at least 4 members (excludes halogenated alkanes) is 1. The zero-order valence-electron chi connectivity index (χ0n) is 40.9. The largest absolute Gasteiger partial charge is 0.444 e. The van der Waals surface area contributed by atoms with Crippen LogP contribution in [0.2, 0.25) is 0 Å². The summed E-state index contributed by atoms with van der Waals surface area (Å²) >= 11 is 0. The fourth-order valence-corrected chi connectivity index (χ4v) is 11.9. The number of hydrogen-bond acceptors (Lipinski definition) is 9. The molecule has 0 heterocycles. The van der Waals surface area contributed by atoms with Gasteiger partial charge in [-0.15, -0.1) is 0 Å². The Hall–Kier alpha value is -2.80. The zero-order valence-corrected chi connectivity index (χ0v) is 40.9. The molecule has 0 aromatic heterocycles. The molecule has 4 fully saturated rings. The van der Waals surface area contributed by atoms with Gasteiger partial charge in [0, 0.05) is 45.7 Å². The summed E-state index contributed by atoms with van der Waals surface area (Å²) in [7, 11) is 0. The first kappa shape index (κ1) is 51.8. The average Bonchev–Trinajstić information content (AvgIpc) is 3.51. The van der Waals surface area contributed by atoms with E-state index in [2.05, 4.69) is 31.4 Å². The standard InChI is InChI=1S/C49H88N4O9/c1-33(37-20-21-38-36-19-18-34-31-35(54)23-24-48(34,11)39(36)32-40(55)49(37,38)12)17-22-41(56)50-25-15-29-52(43(58)61-46(5,6)7)27-13-14-28-53(44(59)62-47(8,9)10)30-16-26-51-42(57)60-45(2,3)4/h33-40,54-55H,13-32H2,1-12H3,(H,50,56)(H,51,57)/t33-,34-,35-,36+,37-,38+,39+,40+,48+,49-/m1/s1. The number of alkyl carbamates (subject to hydrolysis) is 1. The fraction of sp³-hybridized carbons (Fsp3) is 0.918. The monoisotopic (exact) mass is 877 g/mol. The van der Waals surface area contributed by atoms with Gasteiger partial charge < -0.3 is 44.9 Å². The molecule has 4 rings (SSSR count). The highest BCUT2D eigenvalue weighted by molar-refractivity contribution is 5.75. The van der Waals surface area contributed by atoms with Gasteiger partial charge in [-0.2, -0.15) is 0 Å². The van der Waals surface area contributed by atoms with Crippen molar-refractivity contribution < 1.29 is 43.6 Å². The van der Waals surface area contributed by atoms with E-state index in [-0.39, 0.29) is 28.9 Å². The molecule has 4 aliphatic carbocycles. The zero-order chi connectivity index (χ0) is 46.3. The van der Waals surface area contributed by atoms with Crippen LogP contribution in [-0.2, 0) is 19.0 Å². The van der Waals surface area contributed by atoms with Gasteiger partial charge in [0.1, 0.15) is 16.8 Å². The van der Waals surface area contributed by atoms with Crippen LogP contribution < -0.4 is 10.6 Å². The van der Waals surface area contributed by atoms with Crippen LogP contribution in [0, 0.1) is 46.3 Å². The summed E-state index contributed by atoms with van der Waals surface area (Å²) in [6.45, 7) is 25.9. The number of amides is 4. The molecule has 0 aromatic carbocycles. The predicted molar refractivity (Wildman–Crippen MR) is 242 cm³/mol. The van der Waals surface area contributed by atoms with Crippen LogP contribution in [0.25, 0.3) is 0 Å². The van der Waals surface area contributed by atoms with Gasteiger partial charge in [-0.25, -0.2) is 14.4 Å². The molecule has 358 valence electrons. The van der Waals surface area contributed by atoms with Crippen LogP contribution in [0.15, 0.2) is 0 Å². The second kappa shape index (κ2) is 21.5. The molecule has 0 radical (unpaired) electrons. The molecule has 62 heavy (non-hydrogen) atoms. The molecule has 0 aromatic rings. The van der Waals surface area contributed by atoms with Crippen LogP contribution in [0.3, 0.4) is 0 Å². The lowest BCUT2D eigenvalue weighted by molar-refractivity contribution is -0.174. The molecule has 13 heteroatoms. The van der Waals surface area contributed by atoms with E-state index in [1.165, 1.54) is 12.8 Å². The van der Waals surface area contributed by atoms with Crippen molar-refractivity contribution in [2.75, 3.05) is 39.3 Å². The number of nitrogens with zero attached hydrogens (tertiary/aromatic N) is 2. The number of carbonyl (C=O) groups excluding carboxylic acids is 4. The van der Waals surface area contributed by atoms with Crippen molar-refractivity contribution in [3.05, 3.63) is 0 Å². The van der Waals surface area contributed by atoms with Crippen LogP contribution in [0.1, 0.15) is 173 Å². The summed E-state index contributed by atoms with van der Waals surface area (Å²) in [5.74, 6) is 2.96. The third-order valence-corrected chi connectivity index (χ3v) is 14.9. The Balaban J connectivity index is 1.23. The van der Waals surface area contributed by atoms with Gasteiger partial charge in [-0.05, 0) is 192 Å². The highest BCUT2D eigenvalue weighted by atomic mass is 16.6. The molecule has 0 unspecified atom stereocenters. The molecule has 4 amide bonds. The van der Waals surface area contributed by atoms with E-state index in [1.54, 1.807) is 30.6 Å². The van der Waals surface area contributed by atoms with E-state index >= 15 is 0 Å². The molecule has 0 bridgehead atoms. The summed E-state index contributed by atoms with van der Waals surface area (Å²) in [6, 6.07) is 0. The third kappa shape index (κ3) is 14.4. The van der Waals surface area contributed by atoms with Crippen LogP contribution in [0.5, 0.6) is 0 Å². The number of aliphatic hydroxyl groups excluding tert-OH is 2. The normalized spacial score (nSPS) is 30.2. The summed E-state index contributed by atoms with van der Waals surface area (Å²) in [4.78, 5) is 55.0. The lowest BCUT2D eigenvalue weighted by atomic mass is 9.43. The summed E-state index contributed by atoms with van der Waals surface area (Å²) in [5, 5.41) is 28.2. The van der Waals surface area contributed by atoms with Crippen LogP contribution in [-0.4, -0.2) is 112 Å². The number of fused-ring (bicyclic) bond motifs is 5. The van der Waals surface area contributed by atoms with Gasteiger partial charge in [0.25, 0.3) is 0 Å². The van der Waals surface area contributed by atoms with Crippen molar-refractivity contribution in [1.29, 1.82) is 0 Å². The number of aliphatic hydroxyl groups is 2. The van der Waals surface area contributed by atoms with Crippen molar-refractivity contribution >= 4 is 24.2 Å². The Morgan fingerprint density at radius 2 is 1.21 bits per heavy atom. The van der Waals surface area contributed by atoms with E-state index < -0.39 is 35.1 Å². The molecule has 13 nitrogen and oxygen atoms in total. The van der Waals surface area contributed by atoms with Crippen LogP contribution in [0.4, 0.5) is 14.4 Å². The van der Waals surface area contributed by atoms with Gasteiger partial charge in [0.15, 0.2) is 0 Å². The summed E-state index contributed by atoms with van der Waals surface area (Å²) in [5.41, 5.74) is -1.84. The first-order valence-electron chi connectivity index (χ1n) is 24.3. The number of hydrogen-bond donors (Lipinski definition) is 4. The predicted octanol–water partition coefficient (Wildman–Crippen LogP) is 9.07. The van der Waals surface area contributed by atoms with Crippen molar-refractivity contribution in [2.24, 2.45) is 46.3 Å². The lowest BCUT2D eigenvalue weighted by Crippen LogP contribution is -2.58. The maximum Gasteiger partial charge on any atom is 0.410 e. The molecular weight excluding hydrogens is 789 g/mol. The van der Waals surface area contributed by atoms with Crippen molar-refractivity contribution in [2.45, 2.75) is 202 Å². The highest BCUT2D eigenvalue weighted by Gasteiger charge is 2.63. The van der Waals surface area contributed by atoms with Crippen LogP contribution >= 0.6 is 0 Å². The second-order valence-corrected chi connectivity index (χ2v) is 23.0. The minimum atomic E-state index is -0.662. The van der Waals surface area contributed by atoms with E-state index in [9.17, 15) is 29.4 Å². The first-order chi connectivity index (χ1) is 28.7. The smallest absolute Gasteiger partial charge is 0.410 e. The quantitative estimate of drug-likeness (QED) is 0.0824. The Labute approximate surface area is 374 Å². The van der Waals surface area contributed by atoms with Gasteiger partial charge in [-0.3, -0.25) is 4.79 Å². The minimum Gasteiger partial charge on any atom is -0.444 e. The van der Waals surface area contributed by atoms with E-state index in [4.69, 9.17) is 14.2 Å². The molecule has 0 aliphatic heterocycles. The maximum atomic E-state index is 13.3. The Morgan fingerprint density at radius 1 is 0.677 bits per heavy atom. The fourth-order valence-electron chi connectivity index (χ4n) is 11.9. The number of nitrogens with one attached hydrogen (secondary N) is 2. The highest BCUT2D eigenvalue weighted by Crippen LogP contribution is 2.68. The molecule has 4 N–H and O–H groups in total. The number of rotatable bonds is 17. The van der Waals surface area contributed by atoms with Gasteiger partial charge >= 0.3 is 18.3 Å². The van der Waals surface area contributed by atoms with Gasteiger partial charge in [0.05, 0.1) is 12.2 Å². The van der Waals surface area contributed by atoms with E-state index in [1.807, 2.05) is 41.5 Å². The molecule has 0 saturated heterocycles. The average molecular weight is 877 g/mol. The summed E-state index contributed by atoms with van der Waals surface area (Å²) < 4.78 is 16.7. The lowest BCUT2D eigenvalue weighted by Gasteiger charge is -2.62. The molecular formula is C49H88N4O9. The van der Waals surface area contributed by atoms with Crippen molar-refractivity contribution in [3.63, 3.8) is 0 Å². The third-order valence-electron chi connectivity index (χ3n) is 14.9. The maximum absolute atomic E-state index is 13.3.